The number of hydrogen-bond donors (Lipinski definition) is 1. The minimum absolute atomic E-state index is 0.0632. The molecule has 86 valence electrons. The van der Waals surface area contributed by atoms with Gasteiger partial charge in [-0.3, -0.25) is 0 Å². The lowest BCUT2D eigenvalue weighted by atomic mass is 10.4. The van der Waals surface area contributed by atoms with Crippen LogP contribution in [0.5, 0.6) is 0 Å². The number of ether oxygens (including phenoxy) is 3. The molecule has 0 heterocycles. The maximum Gasteiger partial charge on any atom is 0.168 e. The molecule has 0 saturated heterocycles. The summed E-state index contributed by atoms with van der Waals surface area (Å²) in [4.78, 5) is 0. The van der Waals surface area contributed by atoms with E-state index in [0.29, 0.717) is 13.2 Å². The van der Waals surface area contributed by atoms with E-state index in [9.17, 15) is 0 Å². The Morgan fingerprint density at radius 1 is 1.29 bits per heavy atom. The van der Waals surface area contributed by atoms with Crippen LogP contribution >= 0.6 is 11.6 Å². The lowest BCUT2D eigenvalue weighted by Gasteiger charge is -2.19. The number of rotatable bonds is 8. The first-order valence-corrected chi connectivity index (χ1v) is 5.26. The second kappa shape index (κ2) is 8.44. The number of alkyl halides is 1. The molecule has 4 nitrogen and oxygen atoms in total. The molecule has 1 N–H and O–H groups in total. The van der Waals surface area contributed by atoms with Gasteiger partial charge in [0.25, 0.3) is 0 Å². The summed E-state index contributed by atoms with van der Waals surface area (Å²) in [7, 11) is 0. The number of aliphatic hydroxyl groups excluding tert-OH is 1. The van der Waals surface area contributed by atoms with Crippen molar-refractivity contribution in [1.29, 1.82) is 0 Å². The SMILES string of the molecule is CCOC(C)OC(C)COC(O)CCl. The molecule has 0 fully saturated rings. The summed E-state index contributed by atoms with van der Waals surface area (Å²) in [5, 5.41) is 9.00. The highest BCUT2D eigenvalue weighted by atomic mass is 35.5. The number of halogens is 1. The lowest BCUT2D eigenvalue weighted by Crippen LogP contribution is -2.27. The Bertz CT molecular complexity index is 134. The Labute approximate surface area is 90.1 Å². The molecule has 0 radical (unpaired) electrons. The normalized spacial score (nSPS) is 17.8. The molecular weight excluding hydrogens is 208 g/mol. The van der Waals surface area contributed by atoms with Gasteiger partial charge in [-0.2, -0.15) is 0 Å². The van der Waals surface area contributed by atoms with Gasteiger partial charge in [0.1, 0.15) is 0 Å². The Morgan fingerprint density at radius 3 is 2.43 bits per heavy atom. The van der Waals surface area contributed by atoms with E-state index in [1.807, 2.05) is 20.8 Å². The Balaban J connectivity index is 3.49. The summed E-state index contributed by atoms with van der Waals surface area (Å²) in [5.74, 6) is 0.0632. The molecule has 0 aromatic rings. The summed E-state index contributed by atoms with van der Waals surface area (Å²) in [5.41, 5.74) is 0. The predicted molar refractivity (Wildman–Crippen MR) is 54.3 cm³/mol. The van der Waals surface area contributed by atoms with Crippen LogP contribution in [0.25, 0.3) is 0 Å². The Morgan fingerprint density at radius 2 is 1.93 bits per heavy atom. The van der Waals surface area contributed by atoms with Crippen LogP contribution < -0.4 is 0 Å². The highest BCUT2D eigenvalue weighted by Gasteiger charge is 2.10. The van der Waals surface area contributed by atoms with Gasteiger partial charge in [0.2, 0.25) is 0 Å². The molecule has 14 heavy (non-hydrogen) atoms. The molecule has 0 aliphatic heterocycles. The molecule has 0 amide bonds. The summed E-state index contributed by atoms with van der Waals surface area (Å²) < 4.78 is 15.5. The van der Waals surface area contributed by atoms with Crippen molar-refractivity contribution in [1.82, 2.24) is 0 Å². The van der Waals surface area contributed by atoms with Crippen LogP contribution in [0.4, 0.5) is 0 Å². The zero-order chi connectivity index (χ0) is 11.0. The van der Waals surface area contributed by atoms with Gasteiger partial charge >= 0.3 is 0 Å². The number of hydrogen-bond acceptors (Lipinski definition) is 4. The lowest BCUT2D eigenvalue weighted by molar-refractivity contribution is -0.183. The zero-order valence-electron chi connectivity index (χ0n) is 8.90. The monoisotopic (exact) mass is 226 g/mol. The van der Waals surface area contributed by atoms with Crippen molar-refractivity contribution in [3.05, 3.63) is 0 Å². The minimum atomic E-state index is -0.926. The molecule has 0 saturated carbocycles. The van der Waals surface area contributed by atoms with E-state index in [0.717, 1.165) is 0 Å². The topological polar surface area (TPSA) is 47.9 Å². The predicted octanol–water partition coefficient (Wildman–Crippen LogP) is 1.35. The van der Waals surface area contributed by atoms with Crippen LogP contribution in [0.15, 0.2) is 0 Å². The maximum atomic E-state index is 9.00. The molecule has 3 atom stereocenters. The number of aliphatic hydroxyl groups is 1. The first-order chi connectivity index (χ1) is 6.60. The van der Waals surface area contributed by atoms with E-state index >= 15 is 0 Å². The smallest absolute Gasteiger partial charge is 0.168 e. The highest BCUT2D eigenvalue weighted by Crippen LogP contribution is 2.02. The summed E-state index contributed by atoms with van der Waals surface area (Å²) in [6.07, 6.45) is -1.31. The fraction of sp³-hybridized carbons (Fsp3) is 1.00. The molecule has 0 aromatic heterocycles. The van der Waals surface area contributed by atoms with Crippen molar-refractivity contribution < 1.29 is 19.3 Å². The van der Waals surface area contributed by atoms with Gasteiger partial charge in [-0.15, -0.1) is 11.6 Å². The van der Waals surface area contributed by atoms with Crippen LogP contribution in [0.1, 0.15) is 20.8 Å². The largest absolute Gasteiger partial charge is 0.367 e. The minimum Gasteiger partial charge on any atom is -0.367 e. The van der Waals surface area contributed by atoms with E-state index < -0.39 is 6.29 Å². The van der Waals surface area contributed by atoms with Crippen molar-refractivity contribution in [3.8, 4) is 0 Å². The third kappa shape index (κ3) is 7.53. The fourth-order valence-corrected chi connectivity index (χ4v) is 1.02. The van der Waals surface area contributed by atoms with Crippen molar-refractivity contribution in [2.75, 3.05) is 19.1 Å². The molecule has 5 heteroatoms. The molecule has 0 aliphatic rings. The second-order valence-corrected chi connectivity index (χ2v) is 3.22. The van der Waals surface area contributed by atoms with Gasteiger partial charge in [0.15, 0.2) is 12.6 Å². The van der Waals surface area contributed by atoms with Crippen LogP contribution in [-0.4, -0.2) is 42.9 Å². The van der Waals surface area contributed by atoms with Crippen molar-refractivity contribution >= 4 is 11.6 Å². The van der Waals surface area contributed by atoms with Crippen LogP contribution in [0, 0.1) is 0 Å². The maximum absolute atomic E-state index is 9.00. The van der Waals surface area contributed by atoms with Crippen LogP contribution in [0.3, 0.4) is 0 Å². The van der Waals surface area contributed by atoms with Crippen molar-refractivity contribution in [2.24, 2.45) is 0 Å². The second-order valence-electron chi connectivity index (χ2n) is 2.91. The third-order valence-corrected chi connectivity index (χ3v) is 1.74. The van der Waals surface area contributed by atoms with Gasteiger partial charge in [-0.05, 0) is 20.8 Å². The van der Waals surface area contributed by atoms with Gasteiger partial charge in [0, 0.05) is 6.61 Å². The average molecular weight is 227 g/mol. The molecule has 0 aliphatic carbocycles. The van der Waals surface area contributed by atoms with Crippen LogP contribution in [0.2, 0.25) is 0 Å². The molecule has 0 aromatic carbocycles. The average Bonchev–Trinajstić information content (AvgIpc) is 2.14. The van der Waals surface area contributed by atoms with E-state index in [2.05, 4.69) is 0 Å². The van der Waals surface area contributed by atoms with E-state index in [1.54, 1.807) is 0 Å². The first-order valence-electron chi connectivity index (χ1n) is 4.72. The quantitative estimate of drug-likeness (QED) is 0.501. The Kier molecular flexibility index (Phi) is 8.52. The van der Waals surface area contributed by atoms with E-state index in [-0.39, 0.29) is 18.3 Å². The molecular formula is C9H19ClO4. The van der Waals surface area contributed by atoms with Gasteiger partial charge in [-0.1, -0.05) is 0 Å². The van der Waals surface area contributed by atoms with Gasteiger partial charge in [-0.25, -0.2) is 0 Å². The van der Waals surface area contributed by atoms with Crippen molar-refractivity contribution in [3.63, 3.8) is 0 Å². The molecule has 0 rings (SSSR count). The van der Waals surface area contributed by atoms with Gasteiger partial charge < -0.3 is 19.3 Å². The van der Waals surface area contributed by atoms with Crippen LogP contribution in [-0.2, 0) is 14.2 Å². The highest BCUT2D eigenvalue weighted by molar-refractivity contribution is 6.18. The Hall–Kier alpha value is 0.130. The molecule has 0 bridgehead atoms. The van der Waals surface area contributed by atoms with E-state index in [4.69, 9.17) is 30.9 Å². The van der Waals surface area contributed by atoms with Crippen molar-refractivity contribution in [2.45, 2.75) is 39.5 Å². The fourth-order valence-electron chi connectivity index (χ4n) is 0.932. The zero-order valence-corrected chi connectivity index (χ0v) is 9.66. The summed E-state index contributed by atoms with van der Waals surface area (Å²) >= 11 is 5.35. The van der Waals surface area contributed by atoms with E-state index in [1.165, 1.54) is 0 Å². The van der Waals surface area contributed by atoms with Gasteiger partial charge in [0.05, 0.1) is 18.6 Å². The molecule has 0 spiro atoms. The third-order valence-electron chi connectivity index (χ3n) is 1.48. The summed E-state index contributed by atoms with van der Waals surface area (Å²) in [6.45, 7) is 6.47. The summed E-state index contributed by atoms with van der Waals surface area (Å²) in [6, 6.07) is 0. The molecule has 3 unspecified atom stereocenters. The standard InChI is InChI=1S/C9H19ClO4/c1-4-12-8(3)14-7(2)6-13-9(11)5-10/h7-9,11H,4-6H2,1-3H3. The first kappa shape index (κ1) is 14.1.